The summed E-state index contributed by atoms with van der Waals surface area (Å²) in [5.41, 5.74) is 0.671. The molecule has 2 N–H and O–H groups in total. The van der Waals surface area contributed by atoms with Crippen molar-refractivity contribution in [3.05, 3.63) is 12.2 Å². The summed E-state index contributed by atoms with van der Waals surface area (Å²) in [4.78, 5) is 0. The Morgan fingerprint density at radius 1 is 1.00 bits per heavy atom. The molecule has 2 heteroatoms. The second-order valence-corrected chi connectivity index (χ2v) is 7.88. The van der Waals surface area contributed by atoms with E-state index in [9.17, 15) is 0 Å². The molecule has 0 aliphatic heterocycles. The number of hydrogen-bond acceptors (Lipinski definition) is 2. The van der Waals surface area contributed by atoms with Crippen LogP contribution in [0.2, 0.25) is 0 Å². The molecular formula is C16H33NO. The zero-order valence-electron chi connectivity index (χ0n) is 13.4. The normalized spacial score (nSPS) is 14.4. The van der Waals surface area contributed by atoms with Crippen LogP contribution >= 0.6 is 0 Å². The van der Waals surface area contributed by atoms with E-state index < -0.39 is 0 Å². The summed E-state index contributed by atoms with van der Waals surface area (Å²) in [5.74, 6) is 0. The predicted octanol–water partition coefficient (Wildman–Crippen LogP) is 3.76. The Kier molecular flexibility index (Phi) is 6.59. The van der Waals surface area contributed by atoms with Crippen molar-refractivity contribution in [3.63, 3.8) is 0 Å². The molecule has 0 aliphatic carbocycles. The average molecular weight is 255 g/mol. The molecule has 0 aliphatic rings. The van der Waals surface area contributed by atoms with Gasteiger partial charge in [-0.1, -0.05) is 46.8 Å². The van der Waals surface area contributed by atoms with Crippen molar-refractivity contribution in [2.75, 3.05) is 13.2 Å². The van der Waals surface area contributed by atoms with E-state index in [0.29, 0.717) is 17.4 Å². The maximum absolute atomic E-state index is 8.83. The van der Waals surface area contributed by atoms with E-state index in [1.165, 1.54) is 6.42 Å². The highest BCUT2D eigenvalue weighted by molar-refractivity contribution is 5.02. The largest absolute Gasteiger partial charge is 0.395 e. The summed E-state index contributed by atoms with van der Waals surface area (Å²) in [5, 5.41) is 12.1. The summed E-state index contributed by atoms with van der Waals surface area (Å²) in [6.45, 7) is 16.6. The van der Waals surface area contributed by atoms with Gasteiger partial charge in [-0.3, -0.25) is 0 Å². The average Bonchev–Trinajstić information content (AvgIpc) is 2.10. The lowest BCUT2D eigenvalue weighted by Gasteiger charge is -2.32. The number of nitrogens with one attached hydrogen (secondary N) is 1. The van der Waals surface area contributed by atoms with Crippen LogP contribution in [0.5, 0.6) is 0 Å². The molecule has 0 aromatic rings. The first-order valence-corrected chi connectivity index (χ1v) is 7.01. The lowest BCUT2D eigenvalue weighted by Crippen LogP contribution is -2.39. The van der Waals surface area contributed by atoms with Crippen molar-refractivity contribution in [2.24, 2.45) is 10.8 Å². The molecule has 0 radical (unpaired) electrons. The first-order chi connectivity index (χ1) is 7.97. The standard InChI is InChI=1S/C16H33NO/c1-14(2,3)13-15(4,5)9-8-10-16(6,7)17-11-12-18/h8,10,17-18H,9,11-13H2,1-7H3/b10-8+. The van der Waals surface area contributed by atoms with Crippen LogP contribution in [0, 0.1) is 10.8 Å². The lowest BCUT2D eigenvalue weighted by atomic mass is 9.74. The van der Waals surface area contributed by atoms with Gasteiger partial charge in [0.2, 0.25) is 0 Å². The molecule has 0 rings (SSSR count). The fourth-order valence-corrected chi connectivity index (χ4v) is 2.62. The lowest BCUT2D eigenvalue weighted by molar-refractivity contribution is 0.214. The zero-order chi connectivity index (χ0) is 14.4. The third-order valence-corrected chi connectivity index (χ3v) is 2.91. The van der Waals surface area contributed by atoms with Gasteiger partial charge in [0.05, 0.1) is 6.61 Å². The minimum absolute atomic E-state index is 0.0411. The SMILES string of the molecule is CC(C)(C)CC(C)(C)C/C=C/C(C)(C)NCCO. The van der Waals surface area contributed by atoms with E-state index in [0.717, 1.165) is 6.42 Å². The Labute approximate surface area is 114 Å². The van der Waals surface area contributed by atoms with Gasteiger partial charge in [0, 0.05) is 12.1 Å². The van der Waals surface area contributed by atoms with Crippen LogP contribution in [-0.4, -0.2) is 23.8 Å². The Bertz CT molecular complexity index is 259. The first kappa shape index (κ1) is 17.7. The van der Waals surface area contributed by atoms with Crippen molar-refractivity contribution in [3.8, 4) is 0 Å². The molecule has 0 unspecified atom stereocenters. The fraction of sp³-hybridized carbons (Fsp3) is 0.875. The van der Waals surface area contributed by atoms with Crippen LogP contribution in [0.1, 0.15) is 61.3 Å². The number of β-amino-alcohol motifs (C(OH)–C–C–N with tert-alkyl or cyclic N) is 1. The van der Waals surface area contributed by atoms with Crippen LogP contribution in [0.4, 0.5) is 0 Å². The van der Waals surface area contributed by atoms with Crippen molar-refractivity contribution in [1.29, 1.82) is 0 Å². The van der Waals surface area contributed by atoms with Crippen molar-refractivity contribution < 1.29 is 5.11 Å². The van der Waals surface area contributed by atoms with Crippen LogP contribution in [0.3, 0.4) is 0 Å². The van der Waals surface area contributed by atoms with Gasteiger partial charge in [0.25, 0.3) is 0 Å². The van der Waals surface area contributed by atoms with E-state index in [4.69, 9.17) is 5.11 Å². The third-order valence-electron chi connectivity index (χ3n) is 2.91. The predicted molar refractivity (Wildman–Crippen MR) is 80.8 cm³/mol. The topological polar surface area (TPSA) is 32.3 Å². The van der Waals surface area contributed by atoms with Gasteiger partial charge in [-0.15, -0.1) is 0 Å². The summed E-state index contributed by atoms with van der Waals surface area (Å²) >= 11 is 0. The highest BCUT2D eigenvalue weighted by Crippen LogP contribution is 2.36. The molecule has 2 nitrogen and oxygen atoms in total. The Hall–Kier alpha value is -0.340. The van der Waals surface area contributed by atoms with Crippen molar-refractivity contribution >= 4 is 0 Å². The highest BCUT2D eigenvalue weighted by atomic mass is 16.3. The molecule has 108 valence electrons. The molecule has 0 heterocycles. The molecule has 0 amide bonds. The monoisotopic (exact) mass is 255 g/mol. The van der Waals surface area contributed by atoms with Crippen LogP contribution in [0.25, 0.3) is 0 Å². The minimum Gasteiger partial charge on any atom is -0.395 e. The Morgan fingerprint density at radius 3 is 2.00 bits per heavy atom. The van der Waals surface area contributed by atoms with Crippen molar-refractivity contribution in [1.82, 2.24) is 5.32 Å². The molecule has 0 bridgehead atoms. The number of hydrogen-bond donors (Lipinski definition) is 2. The minimum atomic E-state index is -0.0411. The third kappa shape index (κ3) is 9.67. The van der Waals surface area contributed by atoms with Gasteiger partial charge in [0.15, 0.2) is 0 Å². The molecule has 18 heavy (non-hydrogen) atoms. The van der Waals surface area contributed by atoms with Gasteiger partial charge in [-0.25, -0.2) is 0 Å². The number of aliphatic hydroxyl groups excluding tert-OH is 1. The molecule has 0 saturated heterocycles. The van der Waals surface area contributed by atoms with E-state index in [1.807, 2.05) is 0 Å². The summed E-state index contributed by atoms with van der Waals surface area (Å²) in [7, 11) is 0. The summed E-state index contributed by atoms with van der Waals surface area (Å²) < 4.78 is 0. The summed E-state index contributed by atoms with van der Waals surface area (Å²) in [6, 6.07) is 0. The van der Waals surface area contributed by atoms with E-state index in [1.54, 1.807) is 0 Å². The zero-order valence-corrected chi connectivity index (χ0v) is 13.4. The molecule has 0 aromatic heterocycles. The van der Waals surface area contributed by atoms with Gasteiger partial charge >= 0.3 is 0 Å². The maximum Gasteiger partial charge on any atom is 0.0556 e. The molecule has 0 saturated carbocycles. The molecule has 0 aromatic carbocycles. The summed E-state index contributed by atoms with van der Waals surface area (Å²) in [6.07, 6.45) is 6.80. The van der Waals surface area contributed by atoms with Crippen LogP contribution in [-0.2, 0) is 0 Å². The molecule has 0 spiro atoms. The smallest absolute Gasteiger partial charge is 0.0556 e. The molecule has 0 fully saturated rings. The van der Waals surface area contributed by atoms with Gasteiger partial charge in [-0.05, 0) is 37.5 Å². The first-order valence-electron chi connectivity index (χ1n) is 7.01. The van der Waals surface area contributed by atoms with Gasteiger partial charge in [0.1, 0.15) is 0 Å². The van der Waals surface area contributed by atoms with E-state index >= 15 is 0 Å². The Balaban J connectivity index is 4.29. The highest BCUT2D eigenvalue weighted by Gasteiger charge is 2.24. The maximum atomic E-state index is 8.83. The second-order valence-electron chi connectivity index (χ2n) is 7.88. The van der Waals surface area contributed by atoms with E-state index in [2.05, 4.69) is 65.9 Å². The fourth-order valence-electron chi connectivity index (χ4n) is 2.62. The second kappa shape index (κ2) is 6.72. The Morgan fingerprint density at radius 2 is 1.56 bits per heavy atom. The van der Waals surface area contributed by atoms with Crippen LogP contribution in [0.15, 0.2) is 12.2 Å². The van der Waals surface area contributed by atoms with E-state index in [-0.39, 0.29) is 12.1 Å². The number of aliphatic hydroxyl groups is 1. The van der Waals surface area contributed by atoms with Crippen molar-refractivity contribution in [2.45, 2.75) is 66.8 Å². The van der Waals surface area contributed by atoms with Crippen LogP contribution < -0.4 is 5.32 Å². The number of allylic oxidation sites excluding steroid dienone is 1. The molecular weight excluding hydrogens is 222 g/mol. The van der Waals surface area contributed by atoms with Gasteiger partial charge < -0.3 is 10.4 Å². The quantitative estimate of drug-likeness (QED) is 0.679. The van der Waals surface area contributed by atoms with Gasteiger partial charge in [-0.2, -0.15) is 0 Å². The molecule has 0 atom stereocenters. The number of rotatable bonds is 7.